The van der Waals surface area contributed by atoms with Crippen LogP contribution in [0, 0.1) is 6.92 Å². The molecule has 6 nitrogen and oxygen atoms in total. The summed E-state index contributed by atoms with van der Waals surface area (Å²) in [7, 11) is 0. The Morgan fingerprint density at radius 3 is 2.61 bits per heavy atom. The molecule has 33 heavy (non-hydrogen) atoms. The van der Waals surface area contributed by atoms with Gasteiger partial charge in [-0.2, -0.15) is 0 Å². The van der Waals surface area contributed by atoms with Crippen molar-refractivity contribution in [1.82, 2.24) is 10.1 Å². The number of benzene rings is 2. The van der Waals surface area contributed by atoms with Gasteiger partial charge in [0.25, 0.3) is 0 Å². The van der Waals surface area contributed by atoms with E-state index < -0.39 is 5.63 Å². The van der Waals surface area contributed by atoms with E-state index in [1.165, 1.54) is 5.69 Å². The molecule has 1 aliphatic heterocycles. The molecular formula is C25H28Cl2N4O2. The van der Waals surface area contributed by atoms with Gasteiger partial charge in [-0.3, -0.25) is 4.90 Å². The first-order valence-electron chi connectivity index (χ1n) is 11.2. The number of rotatable bonds is 8. The fourth-order valence-corrected chi connectivity index (χ4v) is 4.55. The predicted octanol–water partition coefficient (Wildman–Crippen LogP) is 4.87. The number of aryl methyl sites for hydroxylation is 1. The van der Waals surface area contributed by atoms with E-state index in [0.717, 1.165) is 55.3 Å². The van der Waals surface area contributed by atoms with Crippen LogP contribution in [-0.4, -0.2) is 49.3 Å². The maximum atomic E-state index is 12.4. The van der Waals surface area contributed by atoms with Crippen molar-refractivity contribution >= 4 is 34.6 Å². The van der Waals surface area contributed by atoms with E-state index in [4.69, 9.17) is 27.7 Å². The summed E-state index contributed by atoms with van der Waals surface area (Å²) in [6.45, 7) is 7.44. The first kappa shape index (κ1) is 23.6. The van der Waals surface area contributed by atoms with Crippen LogP contribution >= 0.6 is 23.2 Å². The fourth-order valence-electron chi connectivity index (χ4n) is 4.16. The Labute approximate surface area is 204 Å². The molecule has 2 aromatic carbocycles. The van der Waals surface area contributed by atoms with E-state index in [0.29, 0.717) is 29.4 Å². The molecule has 0 unspecified atom stereocenters. The summed E-state index contributed by atoms with van der Waals surface area (Å²) in [4.78, 5) is 17.2. The summed E-state index contributed by atoms with van der Waals surface area (Å²) in [5.74, 6) is 0. The maximum absolute atomic E-state index is 12.4. The summed E-state index contributed by atoms with van der Waals surface area (Å²) in [6.07, 6.45) is 1.45. The number of halogens is 2. The molecule has 0 radical (unpaired) electrons. The van der Waals surface area contributed by atoms with Gasteiger partial charge in [-0.25, -0.2) is 4.79 Å². The van der Waals surface area contributed by atoms with Gasteiger partial charge >= 0.3 is 5.63 Å². The molecule has 0 spiro atoms. The second-order valence-electron chi connectivity index (χ2n) is 8.27. The molecule has 0 amide bonds. The lowest BCUT2D eigenvalue weighted by molar-refractivity contribution is 0.257. The molecule has 174 valence electrons. The number of anilines is 2. The normalized spacial score (nSPS) is 14.5. The van der Waals surface area contributed by atoms with Crippen molar-refractivity contribution in [1.29, 1.82) is 0 Å². The van der Waals surface area contributed by atoms with E-state index in [2.05, 4.69) is 26.3 Å². The summed E-state index contributed by atoms with van der Waals surface area (Å²) in [6, 6.07) is 15.7. The molecule has 8 heteroatoms. The van der Waals surface area contributed by atoms with E-state index in [9.17, 15) is 4.79 Å². The molecule has 0 saturated carbocycles. The van der Waals surface area contributed by atoms with Gasteiger partial charge < -0.3 is 14.7 Å². The Balaban J connectivity index is 1.30. The molecular weight excluding hydrogens is 459 g/mol. The van der Waals surface area contributed by atoms with Gasteiger partial charge in [-0.1, -0.05) is 52.6 Å². The van der Waals surface area contributed by atoms with Crippen LogP contribution < -0.4 is 15.8 Å². The zero-order valence-electron chi connectivity index (χ0n) is 18.7. The third kappa shape index (κ3) is 6.08. The molecule has 3 aromatic rings. The average Bonchev–Trinajstić information content (AvgIpc) is 2.82. The zero-order chi connectivity index (χ0) is 23.2. The number of hydrogen-bond donors (Lipinski definition) is 1. The minimum absolute atomic E-state index is 0.446. The van der Waals surface area contributed by atoms with Gasteiger partial charge in [0.15, 0.2) is 0 Å². The van der Waals surface area contributed by atoms with E-state index in [-0.39, 0.29) is 0 Å². The second-order valence-corrected chi connectivity index (χ2v) is 9.11. The Morgan fingerprint density at radius 1 is 1.06 bits per heavy atom. The van der Waals surface area contributed by atoms with Gasteiger partial charge in [-0.05, 0) is 49.7 Å². The van der Waals surface area contributed by atoms with E-state index in [1.807, 2.05) is 49.4 Å². The summed E-state index contributed by atoms with van der Waals surface area (Å²) >= 11 is 12.5. The first-order chi connectivity index (χ1) is 16.0. The van der Waals surface area contributed by atoms with Crippen molar-refractivity contribution < 1.29 is 4.52 Å². The molecule has 0 aliphatic carbocycles. The third-order valence-corrected chi connectivity index (χ3v) is 6.64. The van der Waals surface area contributed by atoms with E-state index in [1.54, 1.807) is 0 Å². The zero-order valence-corrected chi connectivity index (χ0v) is 20.2. The Bertz CT molecular complexity index is 1140. The molecule has 4 rings (SSSR count). The lowest BCUT2D eigenvalue weighted by Crippen LogP contribution is -2.46. The highest BCUT2D eigenvalue weighted by Crippen LogP contribution is 2.24. The van der Waals surface area contributed by atoms with Crippen LogP contribution in [0.2, 0.25) is 10.0 Å². The maximum Gasteiger partial charge on any atom is 0.381 e. The highest BCUT2D eigenvalue weighted by atomic mass is 35.5. The first-order valence-corrected chi connectivity index (χ1v) is 12.0. The Hall–Kier alpha value is -2.54. The number of aromatic nitrogens is 1. The Kier molecular flexibility index (Phi) is 7.91. The topological polar surface area (TPSA) is 61.6 Å². The predicted molar refractivity (Wildman–Crippen MR) is 135 cm³/mol. The summed E-state index contributed by atoms with van der Waals surface area (Å²) in [5.41, 5.74) is 3.68. The quantitative estimate of drug-likeness (QED) is 0.458. The molecule has 1 aliphatic rings. The minimum atomic E-state index is -0.446. The van der Waals surface area contributed by atoms with Gasteiger partial charge in [0.1, 0.15) is 5.69 Å². The lowest BCUT2D eigenvalue weighted by atomic mass is 10.0. The van der Waals surface area contributed by atoms with Crippen LogP contribution in [0.4, 0.5) is 11.4 Å². The number of piperazine rings is 1. The standard InChI is InChI=1S/C25H28Cl2N4O2/c1-18-22(16-19-6-2-3-9-23(19)27)24(25(32)33-29-18)28-10-5-11-30-12-14-31(15-13-30)21-8-4-7-20(26)17-21/h2-4,6-9,17,28H,5,10-16H2,1H3. The van der Waals surface area contributed by atoms with Crippen molar-refractivity contribution in [2.75, 3.05) is 49.5 Å². The van der Waals surface area contributed by atoms with Crippen molar-refractivity contribution in [3.8, 4) is 0 Å². The van der Waals surface area contributed by atoms with Crippen molar-refractivity contribution in [2.45, 2.75) is 19.8 Å². The van der Waals surface area contributed by atoms with Gasteiger partial charge in [-0.15, -0.1) is 0 Å². The van der Waals surface area contributed by atoms with Gasteiger partial charge in [0.05, 0.1) is 5.69 Å². The number of nitrogens with zero attached hydrogens (tertiary/aromatic N) is 3. The average molecular weight is 487 g/mol. The highest BCUT2D eigenvalue weighted by molar-refractivity contribution is 6.31. The largest absolute Gasteiger partial charge is 0.381 e. The van der Waals surface area contributed by atoms with Crippen LogP contribution in [0.1, 0.15) is 23.2 Å². The van der Waals surface area contributed by atoms with Crippen LogP contribution in [0.5, 0.6) is 0 Å². The summed E-state index contributed by atoms with van der Waals surface area (Å²) in [5, 5.41) is 8.66. The molecule has 0 bridgehead atoms. The molecule has 1 saturated heterocycles. The minimum Gasteiger partial charge on any atom is -0.379 e. The van der Waals surface area contributed by atoms with E-state index >= 15 is 0 Å². The van der Waals surface area contributed by atoms with Gasteiger partial charge in [0.2, 0.25) is 0 Å². The Morgan fingerprint density at radius 2 is 1.85 bits per heavy atom. The van der Waals surface area contributed by atoms with Crippen molar-refractivity contribution in [3.63, 3.8) is 0 Å². The molecule has 1 N–H and O–H groups in total. The summed E-state index contributed by atoms with van der Waals surface area (Å²) < 4.78 is 4.98. The molecule has 1 fully saturated rings. The van der Waals surface area contributed by atoms with Crippen molar-refractivity contribution in [2.24, 2.45) is 0 Å². The SMILES string of the molecule is Cc1noc(=O)c(NCCCN2CCN(c3cccc(Cl)c3)CC2)c1Cc1ccccc1Cl. The molecule has 1 aromatic heterocycles. The van der Waals surface area contributed by atoms with Crippen LogP contribution in [-0.2, 0) is 6.42 Å². The molecule has 0 atom stereocenters. The van der Waals surface area contributed by atoms with Gasteiger partial charge in [0, 0.05) is 60.4 Å². The monoisotopic (exact) mass is 486 g/mol. The smallest absolute Gasteiger partial charge is 0.379 e. The number of hydrogen-bond acceptors (Lipinski definition) is 6. The fraction of sp³-hybridized carbons (Fsp3) is 0.360. The van der Waals surface area contributed by atoms with Crippen LogP contribution in [0.15, 0.2) is 57.8 Å². The number of nitrogens with one attached hydrogen (secondary N) is 1. The molecule has 2 heterocycles. The van der Waals surface area contributed by atoms with Crippen LogP contribution in [0.25, 0.3) is 0 Å². The van der Waals surface area contributed by atoms with Crippen molar-refractivity contribution in [3.05, 3.63) is 85.8 Å². The third-order valence-electron chi connectivity index (χ3n) is 6.03. The lowest BCUT2D eigenvalue weighted by Gasteiger charge is -2.36. The second kappa shape index (κ2) is 11.1. The highest BCUT2D eigenvalue weighted by Gasteiger charge is 2.18. The van der Waals surface area contributed by atoms with Crippen LogP contribution in [0.3, 0.4) is 0 Å².